The van der Waals surface area contributed by atoms with E-state index in [4.69, 9.17) is 13.9 Å². The summed E-state index contributed by atoms with van der Waals surface area (Å²) in [5.74, 6) is 2.02. The maximum absolute atomic E-state index is 12.0. The number of aromatic nitrogens is 1. The van der Waals surface area contributed by atoms with Crippen molar-refractivity contribution in [3.63, 3.8) is 0 Å². The number of benzene rings is 1. The number of rotatable bonds is 7. The van der Waals surface area contributed by atoms with Crippen molar-refractivity contribution in [1.82, 2.24) is 9.88 Å². The second kappa shape index (κ2) is 8.80. The molecular weight excluding hydrogens is 388 g/mol. The van der Waals surface area contributed by atoms with Gasteiger partial charge in [0.15, 0.2) is 0 Å². The lowest BCUT2D eigenvalue weighted by Crippen LogP contribution is -2.36. The first-order valence-electron chi connectivity index (χ1n) is 9.68. The molecular formula is C22H24N2O4S. The van der Waals surface area contributed by atoms with Crippen LogP contribution in [-0.4, -0.2) is 35.5 Å². The molecule has 1 fully saturated rings. The first-order chi connectivity index (χ1) is 14.1. The quantitative estimate of drug-likeness (QED) is 0.535. The molecule has 3 aromatic rings. The van der Waals surface area contributed by atoms with Gasteiger partial charge in [0.1, 0.15) is 29.9 Å². The Morgan fingerprint density at radius 2 is 2.24 bits per heavy atom. The normalized spacial score (nSPS) is 16.8. The summed E-state index contributed by atoms with van der Waals surface area (Å²) >= 11 is 1.60. The van der Waals surface area contributed by atoms with E-state index in [2.05, 4.69) is 16.0 Å². The first kappa shape index (κ1) is 19.7. The van der Waals surface area contributed by atoms with Crippen LogP contribution in [0.2, 0.25) is 0 Å². The topological polar surface area (TPSA) is 64.8 Å². The molecule has 4 rings (SSSR count). The van der Waals surface area contributed by atoms with Gasteiger partial charge in [-0.2, -0.15) is 0 Å². The van der Waals surface area contributed by atoms with Crippen molar-refractivity contribution in [2.24, 2.45) is 0 Å². The van der Waals surface area contributed by atoms with Crippen LogP contribution >= 0.6 is 11.3 Å². The molecule has 0 amide bonds. The minimum Gasteiger partial charge on any atom is -0.487 e. The van der Waals surface area contributed by atoms with E-state index in [0.717, 1.165) is 47.0 Å². The molecule has 0 unspecified atom stereocenters. The number of methoxy groups -OCH3 is 1. The predicted octanol–water partition coefficient (Wildman–Crippen LogP) is 4.43. The van der Waals surface area contributed by atoms with E-state index < -0.39 is 0 Å². The van der Waals surface area contributed by atoms with Crippen LogP contribution in [0.3, 0.4) is 0 Å². The summed E-state index contributed by atoms with van der Waals surface area (Å²) in [5.41, 5.74) is 1.90. The molecule has 6 nitrogen and oxygen atoms in total. The maximum Gasteiger partial charge on any atom is 0.323 e. The SMILES string of the molecule is COC(=O)[C@@H]1CCCN1Cc1cccc(OCc2nc(-c3cccs3)oc2C)c1. The number of carbonyl (C=O) groups is 1. The molecule has 0 radical (unpaired) electrons. The lowest BCUT2D eigenvalue weighted by Gasteiger charge is -2.22. The molecule has 0 N–H and O–H groups in total. The summed E-state index contributed by atoms with van der Waals surface area (Å²) in [6, 6.07) is 11.8. The minimum absolute atomic E-state index is 0.155. The second-order valence-corrected chi connectivity index (χ2v) is 8.03. The zero-order chi connectivity index (χ0) is 20.2. The van der Waals surface area contributed by atoms with E-state index in [0.29, 0.717) is 19.0 Å². The summed E-state index contributed by atoms with van der Waals surface area (Å²) in [4.78, 5) is 19.7. The zero-order valence-electron chi connectivity index (χ0n) is 16.6. The highest BCUT2D eigenvalue weighted by atomic mass is 32.1. The summed E-state index contributed by atoms with van der Waals surface area (Å²) in [7, 11) is 1.45. The van der Waals surface area contributed by atoms with Gasteiger partial charge >= 0.3 is 5.97 Å². The molecule has 2 aromatic heterocycles. The maximum atomic E-state index is 12.0. The number of carbonyl (C=O) groups excluding carboxylic acids is 1. The van der Waals surface area contributed by atoms with E-state index >= 15 is 0 Å². The lowest BCUT2D eigenvalue weighted by atomic mass is 10.1. The smallest absolute Gasteiger partial charge is 0.323 e. The van der Waals surface area contributed by atoms with Crippen LogP contribution in [0.15, 0.2) is 46.2 Å². The minimum atomic E-state index is -0.155. The van der Waals surface area contributed by atoms with E-state index in [9.17, 15) is 4.79 Å². The number of thiophene rings is 1. The van der Waals surface area contributed by atoms with Crippen molar-refractivity contribution in [1.29, 1.82) is 0 Å². The van der Waals surface area contributed by atoms with Crippen molar-refractivity contribution in [3.8, 4) is 16.5 Å². The van der Waals surface area contributed by atoms with Gasteiger partial charge < -0.3 is 13.9 Å². The highest BCUT2D eigenvalue weighted by Gasteiger charge is 2.31. The number of oxazole rings is 1. The van der Waals surface area contributed by atoms with E-state index in [1.54, 1.807) is 11.3 Å². The van der Waals surface area contributed by atoms with Crippen LogP contribution in [0.5, 0.6) is 5.75 Å². The molecule has 0 bridgehead atoms. The Labute approximate surface area is 174 Å². The summed E-state index contributed by atoms with van der Waals surface area (Å²) < 4.78 is 16.7. The predicted molar refractivity (Wildman–Crippen MR) is 111 cm³/mol. The average Bonchev–Trinajstić information content (AvgIpc) is 3.47. The summed E-state index contributed by atoms with van der Waals surface area (Å²) in [6.07, 6.45) is 1.86. The molecule has 1 saturated heterocycles. The summed E-state index contributed by atoms with van der Waals surface area (Å²) in [6.45, 7) is 3.84. The van der Waals surface area contributed by atoms with Crippen LogP contribution in [0.25, 0.3) is 10.8 Å². The van der Waals surface area contributed by atoms with Gasteiger partial charge in [0, 0.05) is 6.54 Å². The van der Waals surface area contributed by atoms with Gasteiger partial charge in [-0.05, 0) is 55.5 Å². The van der Waals surface area contributed by atoms with Gasteiger partial charge in [0.25, 0.3) is 0 Å². The molecule has 0 saturated carbocycles. The second-order valence-electron chi connectivity index (χ2n) is 7.09. The van der Waals surface area contributed by atoms with Crippen LogP contribution < -0.4 is 4.74 Å². The van der Waals surface area contributed by atoms with Crippen LogP contribution in [-0.2, 0) is 22.7 Å². The highest BCUT2D eigenvalue weighted by Crippen LogP contribution is 2.27. The van der Waals surface area contributed by atoms with E-state index in [-0.39, 0.29) is 12.0 Å². The fourth-order valence-corrected chi connectivity index (χ4v) is 4.25. The fourth-order valence-electron chi connectivity index (χ4n) is 3.61. The van der Waals surface area contributed by atoms with Gasteiger partial charge in [-0.3, -0.25) is 9.69 Å². The fraction of sp³-hybridized carbons (Fsp3) is 0.364. The molecule has 0 spiro atoms. The Hall–Kier alpha value is -2.64. The Morgan fingerprint density at radius 3 is 3.03 bits per heavy atom. The number of esters is 1. The molecule has 7 heteroatoms. The van der Waals surface area contributed by atoms with Gasteiger partial charge in [0.2, 0.25) is 5.89 Å². The highest BCUT2D eigenvalue weighted by molar-refractivity contribution is 7.13. The Morgan fingerprint density at radius 1 is 1.34 bits per heavy atom. The molecule has 1 atom stereocenters. The molecule has 152 valence electrons. The Balaban J connectivity index is 1.40. The Bertz CT molecular complexity index is 967. The van der Waals surface area contributed by atoms with Crippen LogP contribution in [0, 0.1) is 6.92 Å². The zero-order valence-corrected chi connectivity index (χ0v) is 17.4. The molecule has 3 heterocycles. The third-order valence-corrected chi connectivity index (χ3v) is 5.98. The largest absolute Gasteiger partial charge is 0.487 e. The first-order valence-corrected chi connectivity index (χ1v) is 10.6. The van der Waals surface area contributed by atoms with Gasteiger partial charge in [-0.25, -0.2) is 4.98 Å². The van der Waals surface area contributed by atoms with Crippen molar-refractivity contribution in [2.45, 2.75) is 39.0 Å². The number of nitrogens with zero attached hydrogens (tertiary/aromatic N) is 2. The van der Waals surface area contributed by atoms with Crippen LogP contribution in [0.1, 0.15) is 29.9 Å². The number of likely N-dealkylation sites (tertiary alicyclic amines) is 1. The molecule has 29 heavy (non-hydrogen) atoms. The third kappa shape index (κ3) is 4.52. The Kier molecular flexibility index (Phi) is 5.97. The number of ether oxygens (including phenoxy) is 2. The standard InChI is InChI=1S/C22H24N2O4S/c1-15-18(23-21(28-15)20-9-5-11-29-20)14-27-17-7-3-6-16(12-17)13-24-10-4-8-19(24)22(25)26-2/h3,5-7,9,11-12,19H,4,8,10,13-14H2,1-2H3/t19-/m0/s1. The summed E-state index contributed by atoms with van der Waals surface area (Å²) in [5, 5.41) is 2.00. The number of hydrogen-bond donors (Lipinski definition) is 0. The monoisotopic (exact) mass is 412 g/mol. The lowest BCUT2D eigenvalue weighted by molar-refractivity contribution is -0.146. The third-order valence-electron chi connectivity index (χ3n) is 5.12. The van der Waals surface area contributed by atoms with E-state index in [1.165, 1.54) is 7.11 Å². The van der Waals surface area contributed by atoms with E-state index in [1.807, 2.05) is 42.6 Å². The van der Waals surface area contributed by atoms with Gasteiger partial charge in [-0.1, -0.05) is 18.2 Å². The number of hydrogen-bond acceptors (Lipinski definition) is 7. The van der Waals surface area contributed by atoms with Gasteiger partial charge in [-0.15, -0.1) is 11.3 Å². The van der Waals surface area contributed by atoms with Crippen LogP contribution in [0.4, 0.5) is 0 Å². The molecule has 1 aromatic carbocycles. The number of aryl methyl sites for hydroxylation is 1. The molecule has 1 aliphatic heterocycles. The molecule has 0 aliphatic carbocycles. The van der Waals surface area contributed by atoms with Crippen molar-refractivity contribution < 1.29 is 18.7 Å². The van der Waals surface area contributed by atoms with Crippen molar-refractivity contribution >= 4 is 17.3 Å². The van der Waals surface area contributed by atoms with Crippen molar-refractivity contribution in [2.75, 3.05) is 13.7 Å². The van der Waals surface area contributed by atoms with Crippen molar-refractivity contribution in [3.05, 3.63) is 58.8 Å². The molecule has 1 aliphatic rings. The average molecular weight is 413 g/mol. The van der Waals surface area contributed by atoms with Gasteiger partial charge in [0.05, 0.1) is 12.0 Å².